The Morgan fingerprint density at radius 2 is 1.63 bits per heavy atom. The van der Waals surface area contributed by atoms with Crippen LogP contribution in [0, 0.1) is 5.92 Å². The van der Waals surface area contributed by atoms with Crippen LogP contribution >= 0.6 is 0 Å². The van der Waals surface area contributed by atoms with E-state index in [2.05, 4.69) is 10.6 Å². The molecule has 1 atom stereocenters. The minimum Gasteiger partial charge on any atom is -0.347 e. The van der Waals surface area contributed by atoms with Crippen molar-refractivity contribution in [3.63, 3.8) is 0 Å². The van der Waals surface area contributed by atoms with Gasteiger partial charge in [-0.3, -0.25) is 19.2 Å². The minimum absolute atomic E-state index is 0.0367. The van der Waals surface area contributed by atoms with Crippen molar-refractivity contribution < 1.29 is 24.0 Å². The number of amides is 4. The van der Waals surface area contributed by atoms with Gasteiger partial charge < -0.3 is 15.4 Å². The third-order valence-electron chi connectivity index (χ3n) is 4.01. The second kappa shape index (κ2) is 8.88. The lowest BCUT2D eigenvalue weighted by molar-refractivity contribution is -0.127. The number of nitrogens with zero attached hydrogens (tertiary/aromatic N) is 1. The summed E-state index contributed by atoms with van der Waals surface area (Å²) < 4.78 is 0. The number of hydrogen-bond acceptors (Lipinski definition) is 5. The van der Waals surface area contributed by atoms with Gasteiger partial charge in [0.2, 0.25) is 11.8 Å². The summed E-state index contributed by atoms with van der Waals surface area (Å²) in [6.45, 7) is 3.39. The zero-order chi connectivity index (χ0) is 20.0. The first-order valence-electron chi connectivity index (χ1n) is 8.48. The van der Waals surface area contributed by atoms with E-state index in [-0.39, 0.29) is 24.8 Å². The second-order valence-electron chi connectivity index (χ2n) is 6.44. The van der Waals surface area contributed by atoms with Crippen LogP contribution < -0.4 is 15.5 Å². The summed E-state index contributed by atoms with van der Waals surface area (Å²) >= 11 is 0. The molecule has 0 saturated heterocycles. The molecule has 0 bridgehead atoms. The minimum atomic E-state index is -0.590. The molecule has 27 heavy (non-hydrogen) atoms. The van der Waals surface area contributed by atoms with Gasteiger partial charge in [0.25, 0.3) is 11.8 Å². The van der Waals surface area contributed by atoms with Crippen LogP contribution in [0.3, 0.4) is 0 Å². The van der Waals surface area contributed by atoms with Crippen LogP contribution in [0.1, 0.15) is 19.4 Å². The van der Waals surface area contributed by atoms with Gasteiger partial charge in [-0.2, -0.15) is 0 Å². The van der Waals surface area contributed by atoms with Crippen molar-refractivity contribution in [2.45, 2.75) is 26.3 Å². The van der Waals surface area contributed by atoms with E-state index in [4.69, 9.17) is 0 Å². The zero-order valence-electron chi connectivity index (χ0n) is 15.1. The van der Waals surface area contributed by atoms with Crippen molar-refractivity contribution in [3.8, 4) is 0 Å². The van der Waals surface area contributed by atoms with Crippen LogP contribution in [0.2, 0.25) is 0 Å². The first-order valence-corrected chi connectivity index (χ1v) is 8.48. The highest BCUT2D eigenvalue weighted by molar-refractivity contribution is 6.28. The van der Waals surface area contributed by atoms with Gasteiger partial charge in [0.05, 0.1) is 24.7 Å². The molecule has 142 valence electrons. The average molecular weight is 371 g/mol. The maximum Gasteiger partial charge on any atom is 0.258 e. The summed E-state index contributed by atoms with van der Waals surface area (Å²) in [5.41, 5.74) is 1.09. The topological polar surface area (TPSA) is 113 Å². The molecule has 0 spiro atoms. The fraction of sp³-hybridized carbons (Fsp3) is 0.316. The highest BCUT2D eigenvalue weighted by Gasteiger charge is 2.24. The molecule has 0 saturated carbocycles. The number of anilines is 1. The third-order valence-corrected chi connectivity index (χ3v) is 4.01. The standard InChI is InChI=1S/C19H21N3O5/c1-12(2)15(11-23)21-17(25)10-20-16(24)9-13-3-5-14(6-4-13)22-18(26)7-8-19(22)27/h3-8,11-12,15H,9-10H2,1-2H3,(H,20,24)(H,21,25). The summed E-state index contributed by atoms with van der Waals surface area (Å²) in [7, 11) is 0. The Hall–Kier alpha value is -3.29. The predicted molar refractivity (Wildman–Crippen MR) is 97.6 cm³/mol. The first-order chi connectivity index (χ1) is 12.8. The second-order valence-corrected chi connectivity index (χ2v) is 6.44. The van der Waals surface area contributed by atoms with Crippen LogP contribution in [-0.4, -0.2) is 42.5 Å². The van der Waals surface area contributed by atoms with E-state index in [1.54, 1.807) is 38.1 Å². The quantitative estimate of drug-likeness (QED) is 0.498. The number of carbonyl (C=O) groups excluding carboxylic acids is 5. The van der Waals surface area contributed by atoms with Crippen molar-refractivity contribution in [2.24, 2.45) is 5.92 Å². The molecule has 0 radical (unpaired) electrons. The molecule has 2 rings (SSSR count). The number of imide groups is 1. The number of carbonyl (C=O) groups is 5. The number of benzene rings is 1. The number of hydrogen-bond donors (Lipinski definition) is 2. The summed E-state index contributed by atoms with van der Waals surface area (Å²) in [5, 5.41) is 5.02. The third kappa shape index (κ3) is 5.34. The summed E-state index contributed by atoms with van der Waals surface area (Å²) in [4.78, 5) is 58.9. The monoisotopic (exact) mass is 371 g/mol. The molecule has 0 aliphatic carbocycles. The first kappa shape index (κ1) is 20.0. The average Bonchev–Trinajstić information content (AvgIpc) is 2.97. The van der Waals surface area contributed by atoms with Crippen molar-refractivity contribution in [1.29, 1.82) is 0 Å². The summed E-state index contributed by atoms with van der Waals surface area (Å²) in [6, 6.07) is 5.84. The van der Waals surface area contributed by atoms with Gasteiger partial charge in [0, 0.05) is 12.2 Å². The van der Waals surface area contributed by atoms with Gasteiger partial charge in [-0.1, -0.05) is 26.0 Å². The van der Waals surface area contributed by atoms with E-state index in [9.17, 15) is 24.0 Å². The van der Waals surface area contributed by atoms with E-state index in [0.717, 1.165) is 4.90 Å². The van der Waals surface area contributed by atoms with Crippen molar-refractivity contribution in [2.75, 3.05) is 11.4 Å². The van der Waals surface area contributed by atoms with E-state index in [0.29, 0.717) is 17.5 Å². The van der Waals surface area contributed by atoms with Gasteiger partial charge in [-0.25, -0.2) is 4.90 Å². The highest BCUT2D eigenvalue weighted by atomic mass is 16.2. The Labute approximate surface area is 156 Å². The SMILES string of the molecule is CC(C)C(C=O)NC(=O)CNC(=O)Cc1ccc(N2C(=O)C=CC2=O)cc1. The molecule has 4 amide bonds. The van der Waals surface area contributed by atoms with Gasteiger partial charge >= 0.3 is 0 Å². The van der Waals surface area contributed by atoms with E-state index in [1.807, 2.05) is 0 Å². The fourth-order valence-electron chi connectivity index (χ4n) is 2.44. The molecule has 1 aliphatic heterocycles. The molecule has 0 aromatic heterocycles. The Bertz CT molecular complexity index is 765. The normalized spacial score (nSPS) is 14.4. The molecule has 0 fully saturated rings. The van der Waals surface area contributed by atoms with Crippen LogP contribution in [0.4, 0.5) is 5.69 Å². The van der Waals surface area contributed by atoms with Gasteiger partial charge in [0.1, 0.15) is 6.29 Å². The number of aldehydes is 1. The summed E-state index contributed by atoms with van der Waals surface area (Å²) in [5.74, 6) is -1.66. The Balaban J connectivity index is 1.84. The predicted octanol–water partition coefficient (Wildman–Crippen LogP) is 0.114. The largest absolute Gasteiger partial charge is 0.347 e. The van der Waals surface area contributed by atoms with E-state index < -0.39 is 23.8 Å². The van der Waals surface area contributed by atoms with Crippen LogP contribution in [-0.2, 0) is 30.4 Å². The number of nitrogens with one attached hydrogen (secondary N) is 2. The van der Waals surface area contributed by atoms with Gasteiger partial charge in [-0.15, -0.1) is 0 Å². The molecular formula is C19H21N3O5. The maximum absolute atomic E-state index is 12.0. The van der Waals surface area contributed by atoms with Crippen molar-refractivity contribution in [3.05, 3.63) is 42.0 Å². The van der Waals surface area contributed by atoms with Crippen LogP contribution in [0.5, 0.6) is 0 Å². The molecular weight excluding hydrogens is 350 g/mol. The van der Waals surface area contributed by atoms with Gasteiger partial charge in [0.15, 0.2) is 0 Å². The van der Waals surface area contributed by atoms with Crippen LogP contribution in [0.25, 0.3) is 0 Å². The maximum atomic E-state index is 12.0. The van der Waals surface area contributed by atoms with Crippen LogP contribution in [0.15, 0.2) is 36.4 Å². The van der Waals surface area contributed by atoms with E-state index in [1.165, 1.54) is 12.2 Å². The zero-order valence-corrected chi connectivity index (χ0v) is 15.1. The molecule has 2 N–H and O–H groups in total. The smallest absolute Gasteiger partial charge is 0.258 e. The molecule has 1 heterocycles. The lowest BCUT2D eigenvalue weighted by Gasteiger charge is -2.16. The molecule has 1 unspecified atom stereocenters. The van der Waals surface area contributed by atoms with Crippen molar-refractivity contribution >= 4 is 35.6 Å². The molecule has 1 aromatic rings. The molecule has 1 aliphatic rings. The van der Waals surface area contributed by atoms with Crippen molar-refractivity contribution in [1.82, 2.24) is 10.6 Å². The number of rotatable bonds is 8. The lowest BCUT2D eigenvalue weighted by Crippen LogP contribution is -2.45. The molecule has 8 heteroatoms. The Morgan fingerprint density at radius 3 is 2.15 bits per heavy atom. The van der Waals surface area contributed by atoms with Gasteiger partial charge in [-0.05, 0) is 23.6 Å². The van der Waals surface area contributed by atoms with E-state index >= 15 is 0 Å². The lowest BCUT2D eigenvalue weighted by atomic mass is 10.1. The highest BCUT2D eigenvalue weighted by Crippen LogP contribution is 2.19. The molecule has 8 nitrogen and oxygen atoms in total. The Kier molecular flexibility index (Phi) is 6.59. The Morgan fingerprint density at radius 1 is 1.04 bits per heavy atom. The molecule has 1 aromatic carbocycles. The summed E-state index contributed by atoms with van der Waals surface area (Å²) in [6.07, 6.45) is 3.10. The fourth-order valence-corrected chi connectivity index (χ4v) is 2.44.